The summed E-state index contributed by atoms with van der Waals surface area (Å²) in [7, 11) is -2.09. The first-order chi connectivity index (χ1) is 12.5. The number of carbonyl (C=O) groups is 1. The molecule has 1 aromatic heterocycles. The summed E-state index contributed by atoms with van der Waals surface area (Å²) < 4.78 is 31.5. The van der Waals surface area contributed by atoms with Gasteiger partial charge in [-0.3, -0.25) is 4.79 Å². The number of thiophene rings is 1. The first kappa shape index (κ1) is 18.9. The monoisotopic (exact) mass is 393 g/mol. The lowest BCUT2D eigenvalue weighted by molar-refractivity contribution is -0.124. The molecule has 0 saturated heterocycles. The number of rotatable bonds is 7. The first-order valence-electron chi connectivity index (χ1n) is 8.71. The molecular formula is C19H23NO4S2. The van der Waals surface area contributed by atoms with Crippen molar-refractivity contribution < 1.29 is 17.9 Å². The van der Waals surface area contributed by atoms with Crippen LogP contribution in [0.5, 0.6) is 5.75 Å². The lowest BCUT2D eigenvalue weighted by Gasteiger charge is -2.19. The Kier molecular flexibility index (Phi) is 5.98. The molecule has 0 spiro atoms. The molecule has 1 aromatic carbocycles. The maximum Gasteiger partial charge on any atom is 0.223 e. The summed E-state index contributed by atoms with van der Waals surface area (Å²) in [5.74, 6) is 0.586. The molecule has 2 aromatic rings. The molecular weight excluding hydrogens is 370 g/mol. The molecule has 1 saturated carbocycles. The summed E-state index contributed by atoms with van der Waals surface area (Å²) in [6.45, 7) is 0.0875. The topological polar surface area (TPSA) is 72.5 Å². The summed E-state index contributed by atoms with van der Waals surface area (Å²) in [5.41, 5.74) is 0. The number of ether oxygens (including phenoxy) is 1. The molecule has 1 fully saturated rings. The van der Waals surface area contributed by atoms with Crippen molar-refractivity contribution in [3.8, 4) is 5.75 Å². The van der Waals surface area contributed by atoms with Crippen LogP contribution in [0.15, 0.2) is 46.7 Å². The van der Waals surface area contributed by atoms with E-state index in [4.69, 9.17) is 4.74 Å². The van der Waals surface area contributed by atoms with Crippen LogP contribution in [-0.2, 0) is 14.6 Å². The number of hydrogen-bond donors (Lipinski definition) is 1. The van der Waals surface area contributed by atoms with Gasteiger partial charge in [0.1, 0.15) is 11.0 Å². The molecule has 0 aliphatic heterocycles. The van der Waals surface area contributed by atoms with E-state index in [1.165, 1.54) is 18.4 Å². The molecule has 0 unspecified atom stereocenters. The Hall–Kier alpha value is -1.86. The van der Waals surface area contributed by atoms with Gasteiger partial charge in [0.2, 0.25) is 5.91 Å². The zero-order valence-electron chi connectivity index (χ0n) is 14.7. The lowest BCUT2D eigenvalue weighted by atomic mass is 10.1. The molecule has 5 nitrogen and oxygen atoms in total. The van der Waals surface area contributed by atoms with Crippen molar-refractivity contribution >= 4 is 27.1 Å². The predicted octanol–water partition coefficient (Wildman–Crippen LogP) is 3.58. The fourth-order valence-electron chi connectivity index (χ4n) is 3.29. The number of hydrogen-bond acceptors (Lipinski definition) is 5. The van der Waals surface area contributed by atoms with Crippen LogP contribution in [0.1, 0.15) is 35.8 Å². The summed E-state index contributed by atoms with van der Waals surface area (Å²) in [6, 6.07) is 10.00. The van der Waals surface area contributed by atoms with E-state index in [0.29, 0.717) is 5.75 Å². The highest BCUT2D eigenvalue weighted by Crippen LogP contribution is 2.32. The number of sulfone groups is 1. The van der Waals surface area contributed by atoms with Gasteiger partial charge in [-0.1, -0.05) is 18.9 Å². The van der Waals surface area contributed by atoms with Crippen LogP contribution in [0, 0.1) is 5.92 Å². The minimum Gasteiger partial charge on any atom is -0.497 e. The second-order valence-corrected chi connectivity index (χ2v) is 9.56. The van der Waals surface area contributed by atoms with Gasteiger partial charge in [0.25, 0.3) is 0 Å². The Bertz CT molecular complexity index is 823. The van der Waals surface area contributed by atoms with Crippen LogP contribution in [0.4, 0.5) is 0 Å². The quantitative estimate of drug-likeness (QED) is 0.780. The Labute approximate surface area is 158 Å². The second-order valence-electron chi connectivity index (χ2n) is 6.45. The number of nitrogens with one attached hydrogen (secondary N) is 1. The van der Waals surface area contributed by atoms with Gasteiger partial charge in [0, 0.05) is 17.3 Å². The van der Waals surface area contributed by atoms with Crippen LogP contribution in [-0.4, -0.2) is 28.0 Å². The number of amides is 1. The van der Waals surface area contributed by atoms with E-state index in [9.17, 15) is 13.2 Å². The zero-order chi connectivity index (χ0) is 18.6. The van der Waals surface area contributed by atoms with Crippen molar-refractivity contribution in [3.63, 3.8) is 0 Å². The van der Waals surface area contributed by atoms with Crippen molar-refractivity contribution in [2.45, 2.75) is 35.8 Å². The van der Waals surface area contributed by atoms with E-state index in [0.717, 1.165) is 30.6 Å². The van der Waals surface area contributed by atoms with Gasteiger partial charge >= 0.3 is 0 Å². The minimum absolute atomic E-state index is 0.0164. The van der Waals surface area contributed by atoms with Crippen LogP contribution in [0.25, 0.3) is 0 Å². The van der Waals surface area contributed by atoms with Crippen LogP contribution in [0.2, 0.25) is 0 Å². The highest BCUT2D eigenvalue weighted by atomic mass is 32.2. The second kappa shape index (κ2) is 8.22. The third-order valence-electron chi connectivity index (χ3n) is 4.81. The minimum atomic E-state index is -3.63. The summed E-state index contributed by atoms with van der Waals surface area (Å²) in [5, 5.41) is 3.94. The summed E-state index contributed by atoms with van der Waals surface area (Å²) in [6.07, 6.45) is 3.91. The highest BCUT2D eigenvalue weighted by Gasteiger charge is 2.31. The van der Waals surface area contributed by atoms with Crippen molar-refractivity contribution in [2.75, 3.05) is 13.7 Å². The van der Waals surface area contributed by atoms with Gasteiger partial charge in [0.05, 0.1) is 12.0 Å². The maximum absolute atomic E-state index is 13.2. The molecule has 26 heavy (non-hydrogen) atoms. The van der Waals surface area contributed by atoms with Crippen LogP contribution >= 0.6 is 11.3 Å². The first-order valence-corrected chi connectivity index (χ1v) is 11.1. The fraction of sp³-hybridized carbons (Fsp3) is 0.421. The van der Waals surface area contributed by atoms with E-state index in [1.807, 2.05) is 11.4 Å². The Morgan fingerprint density at radius 1 is 1.23 bits per heavy atom. The molecule has 140 valence electrons. The fourth-order valence-corrected chi connectivity index (χ4v) is 6.08. The SMILES string of the molecule is COc1ccc(S(=O)(=O)[C@H](CNC(=O)C2CCCC2)c2cccs2)cc1. The largest absolute Gasteiger partial charge is 0.497 e. The van der Waals surface area contributed by atoms with Crippen molar-refractivity contribution in [3.05, 3.63) is 46.7 Å². The van der Waals surface area contributed by atoms with E-state index >= 15 is 0 Å². The van der Waals surface area contributed by atoms with Crippen LogP contribution in [0.3, 0.4) is 0 Å². The lowest BCUT2D eigenvalue weighted by Crippen LogP contribution is -2.35. The molecule has 0 radical (unpaired) electrons. The predicted molar refractivity (Wildman–Crippen MR) is 102 cm³/mol. The van der Waals surface area contributed by atoms with Crippen molar-refractivity contribution in [2.24, 2.45) is 5.92 Å². The Balaban J connectivity index is 1.81. The summed E-state index contributed by atoms with van der Waals surface area (Å²) >= 11 is 1.39. The normalized spacial score (nSPS) is 16.3. The van der Waals surface area contributed by atoms with Gasteiger partial charge in [-0.05, 0) is 48.6 Å². The maximum atomic E-state index is 13.2. The molecule has 1 heterocycles. The van der Waals surface area contributed by atoms with Gasteiger partial charge in [-0.25, -0.2) is 8.42 Å². The average Bonchev–Trinajstić information content (AvgIpc) is 3.35. The van der Waals surface area contributed by atoms with E-state index in [2.05, 4.69) is 5.32 Å². The van der Waals surface area contributed by atoms with Crippen molar-refractivity contribution in [1.29, 1.82) is 0 Å². The third kappa shape index (κ3) is 4.10. The molecule has 3 rings (SSSR count). The molecule has 1 N–H and O–H groups in total. The summed E-state index contributed by atoms with van der Waals surface area (Å²) in [4.78, 5) is 13.3. The van der Waals surface area contributed by atoms with Crippen LogP contribution < -0.4 is 10.1 Å². The van der Waals surface area contributed by atoms with Crippen molar-refractivity contribution in [1.82, 2.24) is 5.32 Å². The van der Waals surface area contributed by atoms with Gasteiger partial charge in [-0.15, -0.1) is 11.3 Å². The number of benzene rings is 1. The molecule has 0 bridgehead atoms. The number of methoxy groups -OCH3 is 1. The van der Waals surface area contributed by atoms with Gasteiger partial charge < -0.3 is 10.1 Å². The molecule has 7 heteroatoms. The smallest absolute Gasteiger partial charge is 0.223 e. The third-order valence-corrected chi connectivity index (χ3v) is 8.04. The molecule has 1 amide bonds. The Morgan fingerprint density at radius 3 is 2.50 bits per heavy atom. The molecule has 1 atom stereocenters. The van der Waals surface area contributed by atoms with Gasteiger partial charge in [-0.2, -0.15) is 0 Å². The van der Waals surface area contributed by atoms with E-state index in [-0.39, 0.29) is 23.3 Å². The standard InChI is InChI=1S/C19H23NO4S2/c1-24-15-8-10-16(11-9-15)26(22,23)18(17-7-4-12-25-17)13-20-19(21)14-5-2-3-6-14/h4,7-12,14,18H,2-3,5-6,13H2,1H3,(H,20,21)/t18-/m1/s1. The van der Waals surface area contributed by atoms with E-state index in [1.54, 1.807) is 30.3 Å². The Morgan fingerprint density at radius 2 is 1.92 bits per heavy atom. The van der Waals surface area contributed by atoms with E-state index < -0.39 is 15.1 Å². The number of carbonyl (C=O) groups excluding carboxylic acids is 1. The van der Waals surface area contributed by atoms with Gasteiger partial charge in [0.15, 0.2) is 9.84 Å². The molecule has 1 aliphatic rings. The highest BCUT2D eigenvalue weighted by molar-refractivity contribution is 7.91. The zero-order valence-corrected chi connectivity index (χ0v) is 16.3. The average molecular weight is 394 g/mol. The molecule has 1 aliphatic carbocycles.